The molecule has 2 saturated carbocycles. The van der Waals surface area contributed by atoms with Gasteiger partial charge in [0, 0.05) is 30.5 Å². The van der Waals surface area contributed by atoms with E-state index >= 15 is 0 Å². The second-order valence-corrected chi connectivity index (χ2v) is 4.99. The highest BCUT2D eigenvalue weighted by Gasteiger charge is 2.66. The maximum absolute atomic E-state index is 8.84. The minimum absolute atomic E-state index is 0.255. The molecule has 0 amide bonds. The first-order chi connectivity index (χ1) is 6.88. The summed E-state index contributed by atoms with van der Waals surface area (Å²) in [6.45, 7) is 1.95. The Labute approximate surface area is 84.8 Å². The van der Waals surface area contributed by atoms with E-state index in [1.807, 2.05) is 0 Å². The van der Waals surface area contributed by atoms with Crippen LogP contribution in [0.1, 0.15) is 25.7 Å². The molecule has 1 spiro atoms. The number of rotatable bonds is 3. The smallest absolute Gasteiger partial charge is 0.0690 e. The van der Waals surface area contributed by atoms with Crippen LogP contribution in [0.25, 0.3) is 0 Å². The van der Waals surface area contributed by atoms with Gasteiger partial charge in [-0.25, -0.2) is 0 Å². The zero-order chi connectivity index (χ0) is 9.60. The highest BCUT2D eigenvalue weighted by atomic mass is 16.5. The van der Waals surface area contributed by atoms with Gasteiger partial charge in [-0.2, -0.15) is 0 Å². The lowest BCUT2D eigenvalue weighted by Gasteiger charge is -2.63. The van der Waals surface area contributed by atoms with Gasteiger partial charge in [0.15, 0.2) is 0 Å². The lowest BCUT2D eigenvalue weighted by atomic mass is 9.46. The van der Waals surface area contributed by atoms with Crippen molar-refractivity contribution in [3.63, 3.8) is 0 Å². The van der Waals surface area contributed by atoms with E-state index in [2.05, 4.69) is 5.32 Å². The van der Waals surface area contributed by atoms with Gasteiger partial charge >= 0.3 is 0 Å². The number of fused-ring (bicyclic) bond motifs is 2. The van der Waals surface area contributed by atoms with E-state index in [-0.39, 0.29) is 6.61 Å². The van der Waals surface area contributed by atoms with Gasteiger partial charge < -0.3 is 15.2 Å². The van der Waals surface area contributed by atoms with Crippen molar-refractivity contribution in [3.8, 4) is 0 Å². The normalized spacial score (nSPS) is 43.1. The topological polar surface area (TPSA) is 41.5 Å². The Morgan fingerprint density at radius 1 is 1.43 bits per heavy atom. The van der Waals surface area contributed by atoms with Gasteiger partial charge in [-0.3, -0.25) is 0 Å². The molecule has 0 aromatic rings. The number of aliphatic hydroxyl groups excluding tert-OH is 1. The van der Waals surface area contributed by atoms with Crippen LogP contribution in [0, 0.1) is 11.3 Å². The Kier molecular flexibility index (Phi) is 2.08. The molecule has 1 heterocycles. The van der Waals surface area contributed by atoms with Gasteiger partial charge in [0.2, 0.25) is 0 Å². The summed E-state index contributed by atoms with van der Waals surface area (Å²) >= 11 is 0. The van der Waals surface area contributed by atoms with Gasteiger partial charge in [0.1, 0.15) is 0 Å². The molecular weight excluding hydrogens is 178 g/mol. The molecule has 2 aliphatic carbocycles. The van der Waals surface area contributed by atoms with Crippen molar-refractivity contribution in [1.29, 1.82) is 0 Å². The van der Waals surface area contributed by atoms with E-state index in [9.17, 15) is 0 Å². The third kappa shape index (κ3) is 0.980. The van der Waals surface area contributed by atoms with Gasteiger partial charge in [-0.15, -0.1) is 0 Å². The highest BCUT2D eigenvalue weighted by molar-refractivity contribution is 5.18. The molecule has 3 atom stereocenters. The molecule has 2 N–H and O–H groups in total. The molecule has 0 bridgehead atoms. The minimum Gasteiger partial charge on any atom is -0.395 e. The van der Waals surface area contributed by atoms with Crippen molar-refractivity contribution >= 4 is 0 Å². The van der Waals surface area contributed by atoms with Gasteiger partial charge in [-0.1, -0.05) is 6.42 Å². The number of nitrogens with one attached hydrogen (secondary N) is 1. The maximum Gasteiger partial charge on any atom is 0.0690 e. The van der Waals surface area contributed by atoms with Crippen LogP contribution < -0.4 is 5.32 Å². The lowest BCUT2D eigenvalue weighted by molar-refractivity contribution is -0.176. The van der Waals surface area contributed by atoms with E-state index in [0.29, 0.717) is 17.6 Å². The minimum atomic E-state index is 0.255. The number of hydrogen-bond acceptors (Lipinski definition) is 3. The second kappa shape index (κ2) is 3.19. The molecule has 14 heavy (non-hydrogen) atoms. The predicted octanol–water partition coefficient (Wildman–Crippen LogP) is 0.526. The van der Waals surface area contributed by atoms with Crippen LogP contribution in [-0.4, -0.2) is 37.0 Å². The summed E-state index contributed by atoms with van der Waals surface area (Å²) in [7, 11) is 0. The Hall–Kier alpha value is -0.120. The maximum atomic E-state index is 8.84. The van der Waals surface area contributed by atoms with Crippen LogP contribution in [0.3, 0.4) is 0 Å². The predicted molar refractivity (Wildman–Crippen MR) is 53.0 cm³/mol. The molecule has 3 rings (SSSR count). The van der Waals surface area contributed by atoms with Crippen LogP contribution in [0.15, 0.2) is 0 Å². The van der Waals surface area contributed by atoms with Crippen LogP contribution in [0.5, 0.6) is 0 Å². The highest BCUT2D eigenvalue weighted by Crippen LogP contribution is 2.62. The summed E-state index contributed by atoms with van der Waals surface area (Å²) in [6, 6.07) is 0.635. The molecule has 3 nitrogen and oxygen atoms in total. The third-order valence-electron chi connectivity index (χ3n) is 4.51. The Bertz CT molecular complexity index is 227. The molecule has 3 fully saturated rings. The molecule has 0 aromatic carbocycles. The first kappa shape index (κ1) is 9.13. The molecule has 3 aliphatic rings. The van der Waals surface area contributed by atoms with E-state index in [4.69, 9.17) is 9.84 Å². The van der Waals surface area contributed by atoms with Crippen LogP contribution in [0.4, 0.5) is 0 Å². The Balaban J connectivity index is 1.69. The molecule has 1 aliphatic heterocycles. The molecule has 0 aromatic heterocycles. The monoisotopic (exact) mass is 197 g/mol. The zero-order valence-corrected chi connectivity index (χ0v) is 8.54. The third-order valence-corrected chi connectivity index (χ3v) is 4.51. The average Bonchev–Trinajstić information content (AvgIpc) is 2.49. The lowest BCUT2D eigenvalue weighted by Crippen LogP contribution is -2.71. The fourth-order valence-electron chi connectivity index (χ4n) is 3.78. The van der Waals surface area contributed by atoms with Crippen molar-refractivity contribution in [2.75, 3.05) is 19.8 Å². The summed E-state index contributed by atoms with van der Waals surface area (Å²) < 4.78 is 5.82. The van der Waals surface area contributed by atoms with Crippen molar-refractivity contribution in [3.05, 3.63) is 0 Å². The standard InChI is InChI=1S/C11H19NO2/c13-6-5-12-9-8-2-7-14-10(8)11(9)3-1-4-11/h8-10,12-13H,1-7H2. The van der Waals surface area contributed by atoms with E-state index in [1.54, 1.807) is 0 Å². The number of hydrogen-bond donors (Lipinski definition) is 2. The quantitative estimate of drug-likeness (QED) is 0.693. The van der Waals surface area contributed by atoms with Crippen molar-refractivity contribution in [2.24, 2.45) is 11.3 Å². The molecular formula is C11H19NO2. The first-order valence-electron chi connectivity index (χ1n) is 5.84. The molecule has 1 saturated heterocycles. The van der Waals surface area contributed by atoms with Crippen LogP contribution >= 0.6 is 0 Å². The van der Waals surface area contributed by atoms with Crippen molar-refractivity contribution in [1.82, 2.24) is 5.32 Å². The number of aliphatic hydroxyl groups is 1. The van der Waals surface area contributed by atoms with Crippen molar-refractivity contribution < 1.29 is 9.84 Å². The largest absolute Gasteiger partial charge is 0.395 e. The van der Waals surface area contributed by atoms with E-state index in [1.165, 1.54) is 25.7 Å². The summed E-state index contributed by atoms with van der Waals surface area (Å²) in [5.41, 5.74) is 0.469. The molecule has 0 radical (unpaired) electrons. The molecule has 80 valence electrons. The van der Waals surface area contributed by atoms with Gasteiger partial charge in [0.05, 0.1) is 12.7 Å². The average molecular weight is 197 g/mol. The fraction of sp³-hybridized carbons (Fsp3) is 1.00. The molecule has 3 heteroatoms. The van der Waals surface area contributed by atoms with E-state index < -0.39 is 0 Å². The zero-order valence-electron chi connectivity index (χ0n) is 8.54. The number of ether oxygens (including phenoxy) is 1. The Morgan fingerprint density at radius 2 is 2.29 bits per heavy atom. The van der Waals surface area contributed by atoms with Gasteiger partial charge in [0.25, 0.3) is 0 Å². The summed E-state index contributed by atoms with van der Waals surface area (Å²) in [5, 5.41) is 12.3. The van der Waals surface area contributed by atoms with Crippen molar-refractivity contribution in [2.45, 2.75) is 37.8 Å². The van der Waals surface area contributed by atoms with Gasteiger partial charge in [-0.05, 0) is 19.3 Å². The summed E-state index contributed by atoms with van der Waals surface area (Å²) in [6.07, 6.45) is 5.79. The SMILES string of the molecule is OCCNC1C2CCOC2C12CCC2. The summed E-state index contributed by atoms with van der Waals surface area (Å²) in [5.74, 6) is 0.738. The van der Waals surface area contributed by atoms with Crippen LogP contribution in [0.2, 0.25) is 0 Å². The van der Waals surface area contributed by atoms with Crippen LogP contribution in [-0.2, 0) is 4.74 Å². The first-order valence-corrected chi connectivity index (χ1v) is 5.84. The second-order valence-electron chi connectivity index (χ2n) is 4.99. The molecule has 3 unspecified atom stereocenters. The Morgan fingerprint density at radius 3 is 2.93 bits per heavy atom. The summed E-state index contributed by atoms with van der Waals surface area (Å²) in [4.78, 5) is 0. The van der Waals surface area contributed by atoms with E-state index in [0.717, 1.165) is 19.1 Å². The fourth-order valence-corrected chi connectivity index (χ4v) is 3.78.